The van der Waals surface area contributed by atoms with Crippen LogP contribution in [0, 0.1) is 6.92 Å². The van der Waals surface area contributed by atoms with Gasteiger partial charge >= 0.3 is 12.0 Å². The van der Waals surface area contributed by atoms with E-state index in [0.29, 0.717) is 23.3 Å². The lowest BCUT2D eigenvalue weighted by atomic mass is 10.2. The first-order valence-corrected chi connectivity index (χ1v) is 9.05. The van der Waals surface area contributed by atoms with Crippen LogP contribution in [0.3, 0.4) is 0 Å². The molecule has 1 heterocycles. The van der Waals surface area contributed by atoms with Crippen LogP contribution in [0.4, 0.5) is 4.79 Å². The Hall–Kier alpha value is -3.23. The van der Waals surface area contributed by atoms with Crippen molar-refractivity contribution in [3.05, 3.63) is 39.8 Å². The summed E-state index contributed by atoms with van der Waals surface area (Å²) in [5, 5.41) is 4.67. The number of nitrogens with zero attached hydrogens (tertiary/aromatic N) is 2. The molecule has 3 amide bonds. The quantitative estimate of drug-likeness (QED) is 0.724. The topological polar surface area (TPSA) is 119 Å². The molecule has 0 aliphatic heterocycles. The molecule has 150 valence electrons. The van der Waals surface area contributed by atoms with Crippen molar-refractivity contribution >= 4 is 28.9 Å². The smallest absolute Gasteiger partial charge is 0.338 e. The van der Waals surface area contributed by atoms with Crippen molar-refractivity contribution in [1.29, 1.82) is 0 Å². The van der Waals surface area contributed by atoms with Gasteiger partial charge in [-0.1, -0.05) is 6.92 Å². The van der Waals surface area contributed by atoms with Crippen molar-refractivity contribution in [3.8, 4) is 0 Å². The molecule has 0 aliphatic carbocycles. The van der Waals surface area contributed by atoms with E-state index in [-0.39, 0.29) is 17.2 Å². The fourth-order valence-corrected chi connectivity index (χ4v) is 2.55. The number of carbonyl (C=O) groups excluding carboxylic acids is 3. The number of urea groups is 1. The Morgan fingerprint density at radius 2 is 1.96 bits per heavy atom. The summed E-state index contributed by atoms with van der Waals surface area (Å²) in [6, 6.07) is 3.90. The summed E-state index contributed by atoms with van der Waals surface area (Å²) in [5.41, 5.74) is 1.42. The van der Waals surface area contributed by atoms with E-state index in [0.717, 1.165) is 6.42 Å². The molecular weight excluding hydrogens is 364 g/mol. The second-order valence-electron chi connectivity index (χ2n) is 6.36. The molecular formula is C19H24N4O5. The Bertz CT molecular complexity index is 967. The van der Waals surface area contributed by atoms with Crippen molar-refractivity contribution in [2.75, 3.05) is 6.61 Å². The monoisotopic (exact) mass is 388 g/mol. The van der Waals surface area contributed by atoms with Crippen LogP contribution in [-0.2, 0) is 16.1 Å². The largest absolute Gasteiger partial charge is 0.452 e. The third-order valence-electron chi connectivity index (χ3n) is 4.24. The van der Waals surface area contributed by atoms with Gasteiger partial charge in [-0.15, -0.1) is 0 Å². The molecule has 1 aromatic carbocycles. The van der Waals surface area contributed by atoms with E-state index in [1.165, 1.54) is 12.1 Å². The number of hydrogen-bond acceptors (Lipinski definition) is 6. The number of carbonyl (C=O) groups is 3. The predicted octanol–water partition coefficient (Wildman–Crippen LogP) is 1.51. The number of hydrogen-bond donors (Lipinski definition) is 2. The average Bonchev–Trinajstić information content (AvgIpc) is 2.66. The Kier molecular flexibility index (Phi) is 6.86. The van der Waals surface area contributed by atoms with Gasteiger partial charge in [-0.2, -0.15) is 0 Å². The van der Waals surface area contributed by atoms with E-state index in [2.05, 4.69) is 15.6 Å². The first kappa shape index (κ1) is 21.1. The van der Waals surface area contributed by atoms with Crippen LogP contribution in [0.15, 0.2) is 23.0 Å². The highest BCUT2D eigenvalue weighted by atomic mass is 16.5. The molecule has 9 nitrogen and oxygen atoms in total. The zero-order chi connectivity index (χ0) is 20.8. The van der Waals surface area contributed by atoms with Gasteiger partial charge < -0.3 is 14.6 Å². The number of aromatic nitrogens is 2. The number of ether oxygens (including phenoxy) is 1. The molecule has 0 spiro atoms. The maximum Gasteiger partial charge on any atom is 0.338 e. The molecule has 2 N–H and O–H groups in total. The maximum absolute atomic E-state index is 12.2. The SMILES string of the molecule is CC[C@@H](C)NC(=O)NC(=O)COC(=O)c1ccc2c(c1)nc(C)c(=O)n2CC. The van der Waals surface area contributed by atoms with Crippen LogP contribution in [0.2, 0.25) is 0 Å². The van der Waals surface area contributed by atoms with Crippen molar-refractivity contribution in [2.45, 2.75) is 46.7 Å². The lowest BCUT2D eigenvalue weighted by molar-refractivity contribution is -0.123. The zero-order valence-corrected chi connectivity index (χ0v) is 16.4. The van der Waals surface area contributed by atoms with Gasteiger partial charge in [0.2, 0.25) is 0 Å². The summed E-state index contributed by atoms with van der Waals surface area (Å²) >= 11 is 0. The van der Waals surface area contributed by atoms with Crippen LogP contribution in [0.1, 0.15) is 43.2 Å². The fraction of sp³-hybridized carbons (Fsp3) is 0.421. The number of amides is 3. The third kappa shape index (κ3) is 4.93. The molecule has 1 atom stereocenters. The van der Waals surface area contributed by atoms with Gasteiger partial charge in [0.15, 0.2) is 6.61 Å². The lowest BCUT2D eigenvalue weighted by Gasteiger charge is -2.12. The van der Waals surface area contributed by atoms with Crippen molar-refractivity contribution in [3.63, 3.8) is 0 Å². The molecule has 2 rings (SSSR count). The predicted molar refractivity (Wildman–Crippen MR) is 103 cm³/mol. The van der Waals surface area contributed by atoms with Gasteiger partial charge in [0, 0.05) is 12.6 Å². The van der Waals surface area contributed by atoms with Gasteiger partial charge in [-0.05, 0) is 45.4 Å². The van der Waals surface area contributed by atoms with E-state index in [1.807, 2.05) is 13.8 Å². The number of esters is 1. The molecule has 0 fully saturated rings. The zero-order valence-electron chi connectivity index (χ0n) is 16.4. The Morgan fingerprint density at radius 3 is 2.61 bits per heavy atom. The fourth-order valence-electron chi connectivity index (χ4n) is 2.55. The number of rotatable bonds is 6. The minimum atomic E-state index is -0.733. The Labute approximate surface area is 162 Å². The molecule has 0 unspecified atom stereocenters. The van der Waals surface area contributed by atoms with E-state index in [9.17, 15) is 19.2 Å². The summed E-state index contributed by atoms with van der Waals surface area (Å²) in [4.78, 5) is 51.9. The van der Waals surface area contributed by atoms with Crippen molar-refractivity contribution in [1.82, 2.24) is 20.2 Å². The van der Waals surface area contributed by atoms with Crippen LogP contribution >= 0.6 is 0 Å². The van der Waals surface area contributed by atoms with Crippen LogP contribution in [0.5, 0.6) is 0 Å². The van der Waals surface area contributed by atoms with Gasteiger partial charge in [-0.3, -0.25) is 14.9 Å². The van der Waals surface area contributed by atoms with E-state index < -0.39 is 24.5 Å². The highest BCUT2D eigenvalue weighted by Gasteiger charge is 2.15. The summed E-state index contributed by atoms with van der Waals surface area (Å²) in [6.45, 7) is 7.03. The summed E-state index contributed by atoms with van der Waals surface area (Å²) < 4.78 is 6.52. The lowest BCUT2D eigenvalue weighted by Crippen LogP contribution is -2.44. The standard InChI is InChI=1S/C19H24N4O5/c1-5-11(3)20-19(27)22-16(24)10-28-18(26)13-7-8-15-14(9-13)21-12(4)17(25)23(15)6-2/h7-9,11H,5-6,10H2,1-4H3,(H2,20,22,24,27)/t11-/m1/s1. The molecule has 9 heteroatoms. The Balaban J connectivity index is 2.05. The van der Waals surface area contributed by atoms with Gasteiger partial charge in [0.05, 0.1) is 16.6 Å². The number of imide groups is 1. The minimum Gasteiger partial charge on any atom is -0.452 e. The molecule has 0 radical (unpaired) electrons. The molecule has 0 saturated heterocycles. The van der Waals surface area contributed by atoms with E-state index >= 15 is 0 Å². The summed E-state index contributed by atoms with van der Waals surface area (Å²) in [7, 11) is 0. The molecule has 0 aliphatic rings. The van der Waals surface area contributed by atoms with E-state index in [1.54, 1.807) is 24.5 Å². The average molecular weight is 388 g/mol. The van der Waals surface area contributed by atoms with Gasteiger partial charge in [0.1, 0.15) is 5.69 Å². The van der Waals surface area contributed by atoms with E-state index in [4.69, 9.17) is 4.74 Å². The van der Waals surface area contributed by atoms with Crippen LogP contribution in [0.25, 0.3) is 11.0 Å². The number of aryl methyl sites for hydroxylation is 2. The highest BCUT2D eigenvalue weighted by Crippen LogP contribution is 2.14. The first-order valence-electron chi connectivity index (χ1n) is 9.05. The normalized spacial score (nSPS) is 11.7. The summed E-state index contributed by atoms with van der Waals surface area (Å²) in [6.07, 6.45) is 0.720. The summed E-state index contributed by atoms with van der Waals surface area (Å²) in [5.74, 6) is -1.46. The Morgan fingerprint density at radius 1 is 1.25 bits per heavy atom. The molecule has 2 aromatic rings. The van der Waals surface area contributed by atoms with Gasteiger partial charge in [-0.25, -0.2) is 14.6 Å². The second kappa shape index (κ2) is 9.12. The maximum atomic E-state index is 12.2. The van der Waals surface area contributed by atoms with Crippen LogP contribution < -0.4 is 16.2 Å². The van der Waals surface area contributed by atoms with Crippen LogP contribution in [-0.4, -0.2) is 40.1 Å². The number of nitrogens with one attached hydrogen (secondary N) is 2. The first-order chi connectivity index (χ1) is 13.3. The van der Waals surface area contributed by atoms with Gasteiger partial charge in [0.25, 0.3) is 11.5 Å². The second-order valence-corrected chi connectivity index (χ2v) is 6.36. The molecule has 28 heavy (non-hydrogen) atoms. The minimum absolute atomic E-state index is 0.0792. The highest BCUT2D eigenvalue weighted by molar-refractivity contribution is 5.98. The molecule has 0 bridgehead atoms. The number of fused-ring (bicyclic) bond motifs is 1. The molecule has 1 aromatic heterocycles. The van der Waals surface area contributed by atoms with Crippen molar-refractivity contribution < 1.29 is 19.1 Å². The third-order valence-corrected chi connectivity index (χ3v) is 4.24. The number of benzene rings is 1. The van der Waals surface area contributed by atoms with Crippen molar-refractivity contribution in [2.24, 2.45) is 0 Å². The molecule has 0 saturated carbocycles.